The first kappa shape index (κ1) is 28.3. The Morgan fingerprint density at radius 3 is 2.56 bits per heavy atom. The number of hydrogen-bond acceptors (Lipinski definition) is 8. The number of ether oxygens (including phenoxy) is 1. The van der Waals surface area contributed by atoms with Crippen LogP contribution in [-0.4, -0.2) is 42.0 Å². The van der Waals surface area contributed by atoms with Crippen molar-refractivity contribution in [3.8, 4) is 22.9 Å². The number of sulfonamides is 1. The maximum Gasteiger partial charge on any atom is 0.237 e. The van der Waals surface area contributed by atoms with E-state index in [0.717, 1.165) is 19.4 Å². The van der Waals surface area contributed by atoms with Crippen LogP contribution in [0.3, 0.4) is 0 Å². The van der Waals surface area contributed by atoms with Crippen LogP contribution in [0.25, 0.3) is 11.3 Å². The Morgan fingerprint density at radius 2 is 1.80 bits per heavy atom. The number of nitrogens with one attached hydrogen (secondary N) is 3. The fourth-order valence-electron chi connectivity index (χ4n) is 4.38. The van der Waals surface area contributed by atoms with Gasteiger partial charge < -0.3 is 15.4 Å². The highest BCUT2D eigenvalue weighted by molar-refractivity contribution is 7.91. The van der Waals surface area contributed by atoms with Gasteiger partial charge in [-0.15, -0.1) is 0 Å². The molecule has 214 valence electrons. The Labute approximate surface area is 235 Å². The summed E-state index contributed by atoms with van der Waals surface area (Å²) in [4.78, 5) is 12.9. The van der Waals surface area contributed by atoms with Crippen LogP contribution in [0.2, 0.25) is 0 Å². The SMILES string of the molecule is C[C@H]1CC[C@H](Nc2nccc(-c3cccnc3Oc3cc(F)c(NS(=O)(=O)Cc4ccccc4)c(F)c3F)n2)CN1. The molecule has 0 radical (unpaired) electrons. The molecule has 0 bridgehead atoms. The number of aromatic nitrogens is 3. The van der Waals surface area contributed by atoms with Gasteiger partial charge in [0.25, 0.3) is 0 Å². The molecule has 13 heteroatoms. The van der Waals surface area contributed by atoms with Gasteiger partial charge in [-0.25, -0.2) is 32.2 Å². The van der Waals surface area contributed by atoms with Crippen molar-refractivity contribution in [2.75, 3.05) is 16.6 Å². The Morgan fingerprint density at radius 1 is 1.00 bits per heavy atom. The predicted molar refractivity (Wildman–Crippen MR) is 148 cm³/mol. The number of anilines is 2. The maximum atomic E-state index is 15.0. The number of hydrogen-bond donors (Lipinski definition) is 3. The molecule has 41 heavy (non-hydrogen) atoms. The number of nitrogens with zero attached hydrogens (tertiary/aromatic N) is 3. The Kier molecular flexibility index (Phi) is 8.36. The third kappa shape index (κ3) is 6.92. The molecule has 3 heterocycles. The summed E-state index contributed by atoms with van der Waals surface area (Å²) in [6.45, 7) is 2.88. The summed E-state index contributed by atoms with van der Waals surface area (Å²) >= 11 is 0. The molecule has 1 aliphatic rings. The quantitative estimate of drug-likeness (QED) is 0.229. The molecule has 9 nitrogen and oxygen atoms in total. The lowest BCUT2D eigenvalue weighted by molar-refractivity contribution is 0.397. The second-order valence-corrected chi connectivity index (χ2v) is 11.4. The topological polar surface area (TPSA) is 118 Å². The maximum absolute atomic E-state index is 15.0. The van der Waals surface area contributed by atoms with E-state index in [1.165, 1.54) is 24.5 Å². The van der Waals surface area contributed by atoms with Gasteiger partial charge in [-0.05, 0) is 43.5 Å². The molecule has 3 N–H and O–H groups in total. The third-order valence-corrected chi connectivity index (χ3v) is 7.71. The van der Waals surface area contributed by atoms with Crippen LogP contribution in [0.4, 0.5) is 24.8 Å². The summed E-state index contributed by atoms with van der Waals surface area (Å²) in [5.74, 6) is -5.88. The van der Waals surface area contributed by atoms with Crippen LogP contribution in [0.1, 0.15) is 25.3 Å². The molecule has 5 rings (SSSR count). The average molecular weight is 585 g/mol. The van der Waals surface area contributed by atoms with Gasteiger partial charge in [-0.3, -0.25) is 4.72 Å². The predicted octanol–water partition coefficient (Wildman–Crippen LogP) is 5.24. The zero-order valence-electron chi connectivity index (χ0n) is 21.9. The first-order valence-corrected chi connectivity index (χ1v) is 14.5. The zero-order chi connectivity index (χ0) is 29.0. The monoisotopic (exact) mass is 584 g/mol. The van der Waals surface area contributed by atoms with E-state index < -0.39 is 44.7 Å². The summed E-state index contributed by atoms with van der Waals surface area (Å²) in [6.07, 6.45) is 4.85. The molecule has 0 unspecified atom stereocenters. The van der Waals surface area contributed by atoms with Gasteiger partial charge >= 0.3 is 0 Å². The number of piperidine rings is 1. The largest absolute Gasteiger partial charge is 0.435 e. The highest BCUT2D eigenvalue weighted by atomic mass is 32.2. The van der Waals surface area contributed by atoms with Crippen molar-refractivity contribution in [1.82, 2.24) is 20.3 Å². The summed E-state index contributed by atoms with van der Waals surface area (Å²) < 4.78 is 77.2. The van der Waals surface area contributed by atoms with Crippen LogP contribution >= 0.6 is 0 Å². The summed E-state index contributed by atoms with van der Waals surface area (Å²) in [7, 11) is -4.26. The summed E-state index contributed by atoms with van der Waals surface area (Å²) in [6, 6.07) is 14.0. The number of pyridine rings is 1. The van der Waals surface area contributed by atoms with E-state index >= 15 is 4.39 Å². The van der Waals surface area contributed by atoms with Crippen molar-refractivity contribution >= 4 is 21.7 Å². The van der Waals surface area contributed by atoms with E-state index in [0.29, 0.717) is 34.9 Å². The smallest absolute Gasteiger partial charge is 0.237 e. The van der Waals surface area contributed by atoms with Crippen LogP contribution in [-0.2, 0) is 15.8 Å². The molecular weight excluding hydrogens is 557 g/mol. The van der Waals surface area contributed by atoms with Crippen molar-refractivity contribution in [2.45, 2.75) is 37.6 Å². The fourth-order valence-corrected chi connectivity index (χ4v) is 5.58. The fraction of sp³-hybridized carbons (Fsp3) is 0.250. The molecule has 0 aliphatic carbocycles. The normalized spacial score (nSPS) is 17.2. The van der Waals surface area contributed by atoms with Crippen LogP contribution in [0, 0.1) is 17.5 Å². The van der Waals surface area contributed by atoms with Gasteiger partial charge in [-0.1, -0.05) is 30.3 Å². The van der Waals surface area contributed by atoms with Crippen molar-refractivity contribution in [3.63, 3.8) is 0 Å². The highest BCUT2D eigenvalue weighted by Crippen LogP contribution is 2.36. The zero-order valence-corrected chi connectivity index (χ0v) is 22.8. The van der Waals surface area contributed by atoms with E-state index in [2.05, 4.69) is 32.5 Å². The summed E-state index contributed by atoms with van der Waals surface area (Å²) in [5.41, 5.74) is -0.0577. The summed E-state index contributed by atoms with van der Waals surface area (Å²) in [5, 5.41) is 6.68. The van der Waals surface area contributed by atoms with Crippen molar-refractivity contribution in [3.05, 3.63) is 90.0 Å². The van der Waals surface area contributed by atoms with E-state index in [1.54, 1.807) is 41.1 Å². The molecular formula is C28H27F3N6O3S. The van der Waals surface area contributed by atoms with Crippen LogP contribution in [0.5, 0.6) is 11.6 Å². The minimum Gasteiger partial charge on any atom is -0.435 e. The Balaban J connectivity index is 1.37. The van der Waals surface area contributed by atoms with Gasteiger partial charge in [0.1, 0.15) is 5.69 Å². The van der Waals surface area contributed by atoms with Crippen molar-refractivity contribution < 1.29 is 26.3 Å². The second-order valence-electron chi connectivity index (χ2n) is 9.66. The molecule has 2 aromatic carbocycles. The van der Waals surface area contributed by atoms with Gasteiger partial charge in [0.05, 0.1) is 17.0 Å². The molecule has 0 spiro atoms. The standard InChI is InChI=1S/C28H27F3N6O3S/c1-17-9-10-19(15-34-17)35-28-33-13-11-22(36-28)20-8-5-12-32-27(20)40-23-14-21(29)26(25(31)24(23)30)37-41(38,39)16-18-6-3-2-4-7-18/h2-8,11-14,17,19,34,37H,9-10,15-16H2,1H3,(H,33,35,36)/t17-,19-/m0/s1. The molecule has 1 saturated heterocycles. The first-order chi connectivity index (χ1) is 19.7. The van der Waals surface area contributed by atoms with Gasteiger partial charge in [0, 0.05) is 37.1 Å². The van der Waals surface area contributed by atoms with Crippen molar-refractivity contribution in [1.29, 1.82) is 0 Å². The van der Waals surface area contributed by atoms with Gasteiger partial charge in [0.2, 0.25) is 27.7 Å². The lowest BCUT2D eigenvalue weighted by atomic mass is 10.0. The third-order valence-electron chi connectivity index (χ3n) is 6.49. The average Bonchev–Trinajstić information content (AvgIpc) is 2.96. The lowest BCUT2D eigenvalue weighted by Gasteiger charge is -2.28. The van der Waals surface area contributed by atoms with E-state index in [4.69, 9.17) is 4.74 Å². The molecule has 1 fully saturated rings. The molecule has 0 amide bonds. The first-order valence-electron chi connectivity index (χ1n) is 12.9. The Bertz CT molecular complexity index is 1630. The number of benzene rings is 2. The second kappa shape index (κ2) is 12.1. The minimum atomic E-state index is -4.26. The molecule has 0 saturated carbocycles. The number of rotatable bonds is 9. The highest BCUT2D eigenvalue weighted by Gasteiger charge is 2.25. The lowest BCUT2D eigenvalue weighted by Crippen LogP contribution is -2.43. The van der Waals surface area contributed by atoms with E-state index in [1.807, 2.05) is 0 Å². The van der Waals surface area contributed by atoms with Gasteiger partial charge in [-0.2, -0.15) is 4.39 Å². The molecule has 2 atom stereocenters. The minimum absolute atomic E-state index is 0.134. The Hall–Kier alpha value is -4.23. The van der Waals surface area contributed by atoms with Crippen LogP contribution < -0.4 is 20.1 Å². The number of halogens is 3. The molecule has 4 aromatic rings. The van der Waals surface area contributed by atoms with Gasteiger partial charge in [0.15, 0.2) is 17.4 Å². The molecule has 1 aliphatic heterocycles. The van der Waals surface area contributed by atoms with Crippen LogP contribution in [0.15, 0.2) is 67.0 Å². The van der Waals surface area contributed by atoms with E-state index in [9.17, 15) is 17.2 Å². The molecule has 2 aromatic heterocycles. The van der Waals surface area contributed by atoms with E-state index in [-0.39, 0.29) is 11.9 Å². The van der Waals surface area contributed by atoms with Crippen molar-refractivity contribution in [2.24, 2.45) is 0 Å².